The number of hydrogen-bond acceptors (Lipinski definition) is 1. The summed E-state index contributed by atoms with van der Waals surface area (Å²) in [6.45, 7) is 0. The van der Waals surface area contributed by atoms with Crippen LogP contribution in [-0.2, 0) is 6.18 Å². The van der Waals surface area contributed by atoms with Crippen LogP contribution in [0.25, 0.3) is 0 Å². The lowest BCUT2D eigenvalue weighted by Gasteiger charge is -2.07. The largest absolute Gasteiger partial charge is 0.416 e. The number of hydrogen-bond donors (Lipinski definition) is 1. The minimum Gasteiger partial charge on any atom is -0.166 e. The third kappa shape index (κ3) is 2.70. The molecule has 1 rings (SSSR count). The Balaban J connectivity index is 3.13. The molecule has 13 heavy (non-hydrogen) atoms. The lowest BCUT2D eigenvalue weighted by Crippen LogP contribution is -2.05. The predicted molar refractivity (Wildman–Crippen MR) is 52.1 cm³/mol. The molecule has 0 bridgehead atoms. The van der Waals surface area contributed by atoms with E-state index < -0.39 is 11.7 Å². The summed E-state index contributed by atoms with van der Waals surface area (Å²) in [6.07, 6.45) is -4.32. The highest BCUT2D eigenvalue weighted by atomic mass is 32.1. The van der Waals surface area contributed by atoms with E-state index in [4.69, 9.17) is 0 Å². The molecular formula is C8H5F3S2. The lowest BCUT2D eigenvalue weighted by molar-refractivity contribution is -0.137. The van der Waals surface area contributed by atoms with E-state index in [1.807, 2.05) is 0 Å². The molecule has 0 aliphatic rings. The zero-order valence-corrected chi connectivity index (χ0v) is 8.01. The lowest BCUT2D eigenvalue weighted by atomic mass is 10.1. The van der Waals surface area contributed by atoms with Crippen molar-refractivity contribution in [2.24, 2.45) is 0 Å². The van der Waals surface area contributed by atoms with Gasteiger partial charge in [-0.25, -0.2) is 0 Å². The fourth-order valence-corrected chi connectivity index (χ4v) is 1.09. The molecule has 0 N–H and O–H groups in total. The third-order valence-corrected chi connectivity index (χ3v) is 1.93. The molecule has 0 unspecified atom stereocenters. The van der Waals surface area contributed by atoms with Crippen molar-refractivity contribution in [3.8, 4) is 0 Å². The van der Waals surface area contributed by atoms with Crippen molar-refractivity contribution in [3.05, 3.63) is 35.4 Å². The maximum atomic E-state index is 12.2. The second kappa shape index (κ2) is 3.67. The maximum Gasteiger partial charge on any atom is 0.416 e. The van der Waals surface area contributed by atoms with Crippen molar-refractivity contribution in [1.82, 2.24) is 0 Å². The van der Waals surface area contributed by atoms with E-state index in [1.54, 1.807) is 0 Å². The predicted octanol–water partition coefficient (Wildman–Crippen LogP) is 3.31. The van der Waals surface area contributed by atoms with Crippen LogP contribution in [0.15, 0.2) is 24.3 Å². The van der Waals surface area contributed by atoms with Crippen LogP contribution in [0.4, 0.5) is 13.2 Å². The molecule has 70 valence electrons. The smallest absolute Gasteiger partial charge is 0.166 e. The molecule has 0 radical (unpaired) electrons. The number of rotatable bonds is 1. The maximum absolute atomic E-state index is 12.2. The van der Waals surface area contributed by atoms with Crippen LogP contribution in [0.2, 0.25) is 0 Å². The van der Waals surface area contributed by atoms with Crippen molar-refractivity contribution in [3.63, 3.8) is 0 Å². The van der Waals surface area contributed by atoms with Crippen molar-refractivity contribution in [1.29, 1.82) is 0 Å². The molecule has 0 nitrogen and oxygen atoms in total. The van der Waals surface area contributed by atoms with E-state index in [1.165, 1.54) is 12.1 Å². The zero-order valence-electron chi connectivity index (χ0n) is 6.30. The van der Waals surface area contributed by atoms with Crippen LogP contribution in [-0.4, -0.2) is 4.20 Å². The first kappa shape index (κ1) is 10.5. The Labute approximate surface area is 84.2 Å². The molecule has 0 saturated heterocycles. The molecule has 1 aromatic rings. The van der Waals surface area contributed by atoms with Crippen LogP contribution in [0, 0.1) is 0 Å². The van der Waals surface area contributed by atoms with E-state index in [0.717, 1.165) is 12.1 Å². The molecule has 0 saturated carbocycles. The summed E-state index contributed by atoms with van der Waals surface area (Å²) in [5.74, 6) is 0. The SMILES string of the molecule is FC(F)(F)c1cccc(C(=S)S)c1. The van der Waals surface area contributed by atoms with Gasteiger partial charge in [0.15, 0.2) is 0 Å². The fraction of sp³-hybridized carbons (Fsp3) is 0.125. The number of alkyl halides is 3. The number of thiocarbonyl (C=S) groups is 1. The van der Waals surface area contributed by atoms with Crippen molar-refractivity contribution < 1.29 is 13.2 Å². The number of benzene rings is 1. The Kier molecular flexibility index (Phi) is 2.98. The Morgan fingerprint density at radius 2 is 1.92 bits per heavy atom. The first-order chi connectivity index (χ1) is 5.91. The summed E-state index contributed by atoms with van der Waals surface area (Å²) in [4.78, 5) is 0. The molecule has 0 aliphatic heterocycles. The highest BCUT2D eigenvalue weighted by molar-refractivity contribution is 8.11. The quantitative estimate of drug-likeness (QED) is 0.562. The van der Waals surface area contributed by atoms with Gasteiger partial charge in [-0.2, -0.15) is 13.2 Å². The molecule has 0 aromatic heterocycles. The minimum atomic E-state index is -4.32. The van der Waals surface area contributed by atoms with Crippen molar-refractivity contribution in [2.45, 2.75) is 6.18 Å². The molecule has 0 amide bonds. The van der Waals surface area contributed by atoms with Gasteiger partial charge in [-0.1, -0.05) is 24.4 Å². The highest BCUT2D eigenvalue weighted by Crippen LogP contribution is 2.29. The van der Waals surface area contributed by atoms with Gasteiger partial charge >= 0.3 is 6.18 Å². The van der Waals surface area contributed by atoms with Crippen LogP contribution >= 0.6 is 24.8 Å². The molecule has 0 fully saturated rings. The summed E-state index contributed by atoms with van der Waals surface area (Å²) < 4.78 is 36.6. The zero-order chi connectivity index (χ0) is 10.1. The first-order valence-corrected chi connectivity index (χ1v) is 4.17. The van der Waals surface area contributed by atoms with E-state index >= 15 is 0 Å². The molecule has 0 heterocycles. The van der Waals surface area contributed by atoms with E-state index in [-0.39, 0.29) is 4.20 Å². The highest BCUT2D eigenvalue weighted by Gasteiger charge is 2.30. The Hall–Kier alpha value is -0.550. The molecule has 5 heteroatoms. The Morgan fingerprint density at radius 3 is 2.38 bits per heavy atom. The number of thiol groups is 1. The minimum absolute atomic E-state index is 0.158. The van der Waals surface area contributed by atoms with Crippen LogP contribution in [0.1, 0.15) is 11.1 Å². The topological polar surface area (TPSA) is 0 Å². The molecule has 1 aromatic carbocycles. The normalized spacial score (nSPS) is 11.4. The van der Waals surface area contributed by atoms with E-state index in [0.29, 0.717) is 5.56 Å². The average Bonchev–Trinajstić information content (AvgIpc) is 2.03. The summed E-state index contributed by atoms with van der Waals surface area (Å²) in [7, 11) is 0. The molecular weight excluding hydrogens is 217 g/mol. The summed E-state index contributed by atoms with van der Waals surface area (Å²) in [6, 6.07) is 4.77. The average molecular weight is 222 g/mol. The van der Waals surface area contributed by atoms with Crippen LogP contribution < -0.4 is 0 Å². The van der Waals surface area contributed by atoms with Gasteiger partial charge in [0.25, 0.3) is 0 Å². The third-order valence-electron chi connectivity index (χ3n) is 1.44. The van der Waals surface area contributed by atoms with Gasteiger partial charge in [-0.05, 0) is 17.7 Å². The Bertz CT molecular complexity index is 330. The molecule has 0 atom stereocenters. The summed E-state index contributed by atoms with van der Waals surface area (Å²) in [5, 5.41) is 0. The van der Waals surface area contributed by atoms with E-state index in [9.17, 15) is 13.2 Å². The van der Waals surface area contributed by atoms with Crippen molar-refractivity contribution >= 4 is 29.0 Å². The fourth-order valence-electron chi connectivity index (χ4n) is 0.829. The van der Waals surface area contributed by atoms with Gasteiger partial charge in [0.1, 0.15) is 0 Å². The molecule has 0 aliphatic carbocycles. The molecule has 0 spiro atoms. The van der Waals surface area contributed by atoms with Gasteiger partial charge in [0.2, 0.25) is 0 Å². The van der Waals surface area contributed by atoms with Gasteiger partial charge < -0.3 is 0 Å². The van der Waals surface area contributed by atoms with Gasteiger partial charge in [-0.15, -0.1) is 12.6 Å². The standard InChI is InChI=1S/C8H5F3S2/c9-8(10,11)6-3-1-2-5(4-6)7(12)13/h1-4H,(H,12,13). The number of halogens is 3. The second-order valence-electron chi connectivity index (χ2n) is 2.38. The van der Waals surface area contributed by atoms with Gasteiger partial charge in [-0.3, -0.25) is 0 Å². The van der Waals surface area contributed by atoms with E-state index in [2.05, 4.69) is 24.8 Å². The van der Waals surface area contributed by atoms with Gasteiger partial charge in [0.05, 0.1) is 9.76 Å². The Morgan fingerprint density at radius 1 is 1.31 bits per heavy atom. The van der Waals surface area contributed by atoms with Crippen LogP contribution in [0.5, 0.6) is 0 Å². The van der Waals surface area contributed by atoms with Crippen molar-refractivity contribution in [2.75, 3.05) is 0 Å². The monoisotopic (exact) mass is 222 g/mol. The summed E-state index contributed by atoms with van der Waals surface area (Å²) in [5.41, 5.74) is -0.394. The summed E-state index contributed by atoms with van der Waals surface area (Å²) >= 11 is 8.44. The first-order valence-electron chi connectivity index (χ1n) is 3.32. The second-order valence-corrected chi connectivity index (χ2v) is 3.54. The van der Waals surface area contributed by atoms with Gasteiger partial charge in [0, 0.05) is 0 Å². The van der Waals surface area contributed by atoms with Crippen LogP contribution in [0.3, 0.4) is 0 Å².